The highest BCUT2D eigenvalue weighted by atomic mass is 16.5. The summed E-state index contributed by atoms with van der Waals surface area (Å²) in [5.74, 6) is 0.785. The molecule has 0 saturated heterocycles. The minimum Gasteiger partial charge on any atom is -0.493 e. The topological polar surface area (TPSA) is 142 Å². The molecule has 196 valence electrons. The summed E-state index contributed by atoms with van der Waals surface area (Å²) in [7, 11) is 4.58. The van der Waals surface area contributed by atoms with Crippen molar-refractivity contribution in [3.63, 3.8) is 0 Å². The van der Waals surface area contributed by atoms with E-state index >= 15 is 0 Å². The van der Waals surface area contributed by atoms with Gasteiger partial charge in [0.25, 0.3) is 0 Å². The van der Waals surface area contributed by atoms with E-state index in [2.05, 4.69) is 16.3 Å². The number of H-pyrrole nitrogens is 1. The van der Waals surface area contributed by atoms with Crippen LogP contribution in [0.5, 0.6) is 28.9 Å². The van der Waals surface area contributed by atoms with E-state index in [-0.39, 0.29) is 17.3 Å². The van der Waals surface area contributed by atoms with Crippen molar-refractivity contribution in [2.24, 2.45) is 5.73 Å². The number of ether oxygens (including phenoxy) is 5. The number of aromatic amines is 1. The number of nitrogens with two attached hydrogens (primary N) is 1. The van der Waals surface area contributed by atoms with Gasteiger partial charge in [0, 0.05) is 5.56 Å². The Morgan fingerprint density at radius 3 is 2.26 bits per heavy atom. The van der Waals surface area contributed by atoms with Crippen LogP contribution >= 0.6 is 0 Å². The third-order valence-electron chi connectivity index (χ3n) is 6.33. The van der Waals surface area contributed by atoms with E-state index in [0.29, 0.717) is 50.9 Å². The summed E-state index contributed by atoms with van der Waals surface area (Å²) in [4.78, 5) is 12.5. The molecule has 10 nitrogen and oxygen atoms in total. The second-order valence-corrected chi connectivity index (χ2v) is 8.48. The maximum absolute atomic E-state index is 12.5. The number of nitrogens with zero attached hydrogens (tertiary/aromatic N) is 2. The van der Waals surface area contributed by atoms with Gasteiger partial charge in [0.15, 0.2) is 11.5 Å². The summed E-state index contributed by atoms with van der Waals surface area (Å²) >= 11 is 0. The van der Waals surface area contributed by atoms with Gasteiger partial charge in [-0.15, -0.1) is 5.10 Å². The zero-order chi connectivity index (χ0) is 27.5. The fourth-order valence-electron chi connectivity index (χ4n) is 4.49. The molecule has 3 aromatic carbocycles. The van der Waals surface area contributed by atoms with Gasteiger partial charge in [0.2, 0.25) is 17.5 Å². The van der Waals surface area contributed by atoms with E-state index in [4.69, 9.17) is 29.4 Å². The van der Waals surface area contributed by atoms with Crippen molar-refractivity contribution in [3.8, 4) is 46.2 Å². The molecule has 0 amide bonds. The number of hydrogen-bond acceptors (Lipinski definition) is 9. The predicted molar refractivity (Wildman–Crippen MR) is 141 cm³/mol. The van der Waals surface area contributed by atoms with Gasteiger partial charge in [0.05, 0.1) is 44.1 Å². The molecule has 3 N–H and O–H groups in total. The molecule has 0 bridgehead atoms. The van der Waals surface area contributed by atoms with Crippen LogP contribution in [0.1, 0.15) is 27.4 Å². The number of methoxy groups -OCH3 is 3. The minimum atomic E-state index is -0.620. The number of carbonyl (C=O) groups is 1. The molecule has 0 fully saturated rings. The van der Waals surface area contributed by atoms with E-state index in [0.717, 1.165) is 0 Å². The van der Waals surface area contributed by atoms with Gasteiger partial charge in [-0.3, -0.25) is 5.10 Å². The first-order valence-corrected chi connectivity index (χ1v) is 11.8. The first-order valence-electron chi connectivity index (χ1n) is 11.8. The van der Waals surface area contributed by atoms with E-state index < -0.39 is 11.9 Å². The summed E-state index contributed by atoms with van der Waals surface area (Å²) in [6.45, 7) is 0. The molecule has 1 aliphatic heterocycles. The zero-order valence-electron chi connectivity index (χ0n) is 21.3. The number of nitriles is 1. The van der Waals surface area contributed by atoms with E-state index in [9.17, 15) is 10.1 Å². The average molecular weight is 525 g/mol. The van der Waals surface area contributed by atoms with Crippen LogP contribution in [-0.4, -0.2) is 37.5 Å². The molecule has 0 saturated carbocycles. The van der Waals surface area contributed by atoms with Crippen LogP contribution in [0.3, 0.4) is 0 Å². The third-order valence-corrected chi connectivity index (χ3v) is 6.33. The Morgan fingerprint density at radius 1 is 1.00 bits per heavy atom. The summed E-state index contributed by atoms with van der Waals surface area (Å²) in [5.41, 5.74) is 9.34. The molecular weight excluding hydrogens is 500 g/mol. The molecule has 0 spiro atoms. The fraction of sp³-hybridized carbons (Fsp3) is 0.138. The van der Waals surface area contributed by atoms with E-state index in [1.54, 1.807) is 60.7 Å². The van der Waals surface area contributed by atoms with Crippen molar-refractivity contribution >= 4 is 5.97 Å². The lowest BCUT2D eigenvalue weighted by atomic mass is 9.83. The lowest BCUT2D eigenvalue weighted by Gasteiger charge is -2.24. The maximum atomic E-state index is 12.5. The molecule has 2 heterocycles. The van der Waals surface area contributed by atoms with Crippen molar-refractivity contribution in [1.82, 2.24) is 10.2 Å². The van der Waals surface area contributed by atoms with Gasteiger partial charge in [0.1, 0.15) is 17.4 Å². The van der Waals surface area contributed by atoms with E-state index in [1.807, 2.05) is 6.07 Å². The molecule has 39 heavy (non-hydrogen) atoms. The summed E-state index contributed by atoms with van der Waals surface area (Å²) in [6.07, 6.45) is 0. The highest BCUT2D eigenvalue weighted by Crippen LogP contribution is 2.48. The Hall–Kier alpha value is -5.43. The predicted octanol–water partition coefficient (Wildman–Crippen LogP) is 4.54. The Labute approximate surface area is 224 Å². The van der Waals surface area contributed by atoms with Crippen LogP contribution in [0, 0.1) is 11.3 Å². The van der Waals surface area contributed by atoms with Gasteiger partial charge >= 0.3 is 5.97 Å². The molecule has 5 rings (SSSR count). The molecule has 4 aromatic rings. The third kappa shape index (κ3) is 4.57. The standard InChI is InChI=1S/C29H24N4O6/c1-35-21-13-18(14-22(36-2)26(21)37-3)25-24-23(20(15-30)27(31)39-28(24)33-32-25)16-9-11-19(12-10-16)38-29(34)17-7-5-4-6-8-17/h4-14,23H,31H2,1-3H3,(H,32,33)/t23-/m1/s1. The van der Waals surface area contributed by atoms with Crippen molar-refractivity contribution < 1.29 is 28.5 Å². The van der Waals surface area contributed by atoms with Crippen molar-refractivity contribution in [1.29, 1.82) is 5.26 Å². The minimum absolute atomic E-state index is 0.0440. The van der Waals surface area contributed by atoms with Gasteiger partial charge < -0.3 is 29.4 Å². The molecule has 0 radical (unpaired) electrons. The molecule has 1 atom stereocenters. The molecule has 1 aliphatic rings. The monoisotopic (exact) mass is 524 g/mol. The number of benzene rings is 3. The summed E-state index contributed by atoms with van der Waals surface area (Å²) < 4.78 is 27.7. The quantitative estimate of drug-likeness (QED) is 0.263. The summed E-state index contributed by atoms with van der Waals surface area (Å²) in [6, 6.07) is 21.3. The lowest BCUT2D eigenvalue weighted by molar-refractivity contribution is 0.0734. The van der Waals surface area contributed by atoms with Crippen molar-refractivity contribution in [3.05, 3.63) is 94.9 Å². The first-order chi connectivity index (χ1) is 19.0. The number of allylic oxidation sites excluding steroid dienone is 1. The largest absolute Gasteiger partial charge is 0.493 e. The average Bonchev–Trinajstić information content (AvgIpc) is 3.39. The number of esters is 1. The SMILES string of the molecule is COc1cc(-c2[nH]nc3c2[C@H](c2ccc(OC(=O)c4ccccc4)cc2)C(C#N)=C(N)O3)cc(OC)c1OC. The van der Waals surface area contributed by atoms with Crippen LogP contribution in [-0.2, 0) is 0 Å². The number of hydrogen-bond donors (Lipinski definition) is 2. The van der Waals surface area contributed by atoms with Crippen LogP contribution < -0.4 is 29.4 Å². The normalized spacial score (nSPS) is 14.1. The Bertz CT molecular complexity index is 1580. The highest BCUT2D eigenvalue weighted by molar-refractivity contribution is 5.91. The van der Waals surface area contributed by atoms with Crippen LogP contribution in [0.2, 0.25) is 0 Å². The van der Waals surface area contributed by atoms with Crippen LogP contribution in [0.25, 0.3) is 11.3 Å². The molecule has 1 aromatic heterocycles. The van der Waals surface area contributed by atoms with Gasteiger partial charge in [-0.2, -0.15) is 5.26 Å². The smallest absolute Gasteiger partial charge is 0.343 e. The van der Waals surface area contributed by atoms with Gasteiger partial charge in [-0.25, -0.2) is 4.79 Å². The number of fused-ring (bicyclic) bond motifs is 1. The van der Waals surface area contributed by atoms with Crippen molar-refractivity contribution in [2.75, 3.05) is 21.3 Å². The first kappa shape index (κ1) is 25.2. The zero-order valence-corrected chi connectivity index (χ0v) is 21.3. The Balaban J connectivity index is 1.56. The highest BCUT2D eigenvalue weighted by Gasteiger charge is 2.36. The number of carbonyl (C=O) groups excluding carboxylic acids is 1. The lowest BCUT2D eigenvalue weighted by Crippen LogP contribution is -2.21. The van der Waals surface area contributed by atoms with Crippen LogP contribution in [0.4, 0.5) is 0 Å². The Morgan fingerprint density at radius 2 is 1.67 bits per heavy atom. The van der Waals surface area contributed by atoms with Crippen LogP contribution in [0.15, 0.2) is 78.2 Å². The Kier molecular flexibility index (Phi) is 6.80. The second kappa shape index (κ2) is 10.5. The molecule has 0 unspecified atom stereocenters. The summed E-state index contributed by atoms with van der Waals surface area (Å²) in [5, 5.41) is 17.3. The van der Waals surface area contributed by atoms with Gasteiger partial charge in [-0.1, -0.05) is 30.3 Å². The van der Waals surface area contributed by atoms with Crippen molar-refractivity contribution in [2.45, 2.75) is 5.92 Å². The fourth-order valence-corrected chi connectivity index (χ4v) is 4.49. The number of aromatic nitrogens is 2. The number of rotatable bonds is 7. The van der Waals surface area contributed by atoms with Gasteiger partial charge in [-0.05, 0) is 42.0 Å². The molecular formula is C29H24N4O6. The molecule has 10 heteroatoms. The second-order valence-electron chi connectivity index (χ2n) is 8.48. The molecule has 0 aliphatic carbocycles. The number of nitrogens with one attached hydrogen (secondary N) is 1. The maximum Gasteiger partial charge on any atom is 0.343 e. The van der Waals surface area contributed by atoms with E-state index in [1.165, 1.54) is 21.3 Å².